The normalized spacial score (nSPS) is 13.4. The van der Waals surface area contributed by atoms with Crippen molar-refractivity contribution >= 4 is 29.1 Å². The molecule has 0 atom stereocenters. The van der Waals surface area contributed by atoms with Crippen molar-refractivity contribution in [3.63, 3.8) is 0 Å². The van der Waals surface area contributed by atoms with Crippen molar-refractivity contribution in [2.75, 3.05) is 55.5 Å². The number of methoxy groups -OCH3 is 2. The van der Waals surface area contributed by atoms with Crippen LogP contribution in [0.4, 0.5) is 17.2 Å². The standard InChI is InChI=1S/C25H26N4O4/c1-32-22-8-4-3-7-19(22)24(30)27-21-11-10-18(17-20(21)25(31)33-2)28-13-15-29(16-14-28)23-9-5-6-12-26-23/h3-12,17H,13-16H2,1-2H3,(H,27,30). The van der Waals surface area contributed by atoms with E-state index >= 15 is 0 Å². The number of pyridine rings is 1. The van der Waals surface area contributed by atoms with Crippen LogP contribution in [-0.4, -0.2) is 57.3 Å². The molecule has 1 aromatic heterocycles. The van der Waals surface area contributed by atoms with Crippen LogP contribution in [0.2, 0.25) is 0 Å². The van der Waals surface area contributed by atoms with E-state index in [1.807, 2.05) is 24.3 Å². The summed E-state index contributed by atoms with van der Waals surface area (Å²) in [4.78, 5) is 34.2. The molecule has 1 amide bonds. The van der Waals surface area contributed by atoms with Crippen LogP contribution in [0.15, 0.2) is 66.9 Å². The van der Waals surface area contributed by atoms with Crippen LogP contribution in [0, 0.1) is 0 Å². The van der Waals surface area contributed by atoms with Gasteiger partial charge in [0.15, 0.2) is 0 Å². The monoisotopic (exact) mass is 446 g/mol. The molecule has 170 valence electrons. The van der Waals surface area contributed by atoms with E-state index in [2.05, 4.69) is 20.1 Å². The van der Waals surface area contributed by atoms with Crippen molar-refractivity contribution in [2.24, 2.45) is 0 Å². The number of nitrogens with one attached hydrogen (secondary N) is 1. The molecule has 8 nitrogen and oxygen atoms in total. The largest absolute Gasteiger partial charge is 0.496 e. The van der Waals surface area contributed by atoms with Gasteiger partial charge in [0.2, 0.25) is 0 Å². The van der Waals surface area contributed by atoms with Gasteiger partial charge in [-0.25, -0.2) is 9.78 Å². The molecule has 0 aliphatic carbocycles. The summed E-state index contributed by atoms with van der Waals surface area (Å²) >= 11 is 0. The third-order valence-corrected chi connectivity index (χ3v) is 5.63. The lowest BCUT2D eigenvalue weighted by Gasteiger charge is -2.37. The van der Waals surface area contributed by atoms with Gasteiger partial charge in [0, 0.05) is 38.1 Å². The van der Waals surface area contributed by atoms with Gasteiger partial charge < -0.3 is 24.6 Å². The number of amides is 1. The van der Waals surface area contributed by atoms with E-state index in [9.17, 15) is 9.59 Å². The molecule has 1 aliphatic rings. The quantitative estimate of drug-likeness (QED) is 0.581. The Morgan fingerprint density at radius 2 is 1.61 bits per heavy atom. The van der Waals surface area contributed by atoms with Crippen LogP contribution < -0.4 is 19.9 Å². The maximum absolute atomic E-state index is 12.8. The number of carbonyl (C=O) groups is 2. The minimum absolute atomic E-state index is 0.297. The number of aromatic nitrogens is 1. The Morgan fingerprint density at radius 1 is 0.879 bits per heavy atom. The van der Waals surface area contributed by atoms with Crippen LogP contribution in [0.5, 0.6) is 5.75 Å². The maximum atomic E-state index is 12.8. The van der Waals surface area contributed by atoms with Crippen molar-refractivity contribution in [1.82, 2.24) is 4.98 Å². The highest BCUT2D eigenvalue weighted by atomic mass is 16.5. The fraction of sp³-hybridized carbons (Fsp3) is 0.240. The van der Waals surface area contributed by atoms with Crippen molar-refractivity contribution in [3.8, 4) is 5.75 Å². The molecule has 4 rings (SSSR count). The van der Waals surface area contributed by atoms with E-state index in [1.54, 1.807) is 42.6 Å². The molecule has 0 spiro atoms. The lowest BCUT2D eigenvalue weighted by Crippen LogP contribution is -2.46. The van der Waals surface area contributed by atoms with Crippen LogP contribution in [0.1, 0.15) is 20.7 Å². The lowest BCUT2D eigenvalue weighted by molar-refractivity contribution is 0.0602. The van der Waals surface area contributed by atoms with E-state index in [4.69, 9.17) is 9.47 Å². The smallest absolute Gasteiger partial charge is 0.340 e. The topological polar surface area (TPSA) is 84.0 Å². The third-order valence-electron chi connectivity index (χ3n) is 5.63. The zero-order valence-corrected chi connectivity index (χ0v) is 18.7. The Bertz CT molecular complexity index is 1130. The first-order chi connectivity index (χ1) is 16.1. The van der Waals surface area contributed by atoms with Crippen molar-refractivity contribution in [1.29, 1.82) is 0 Å². The van der Waals surface area contributed by atoms with Gasteiger partial charge in [0.1, 0.15) is 11.6 Å². The second-order valence-electron chi connectivity index (χ2n) is 7.54. The van der Waals surface area contributed by atoms with Gasteiger partial charge >= 0.3 is 5.97 Å². The lowest BCUT2D eigenvalue weighted by atomic mass is 10.1. The summed E-state index contributed by atoms with van der Waals surface area (Å²) in [6.45, 7) is 3.20. The van der Waals surface area contributed by atoms with E-state index < -0.39 is 5.97 Å². The van der Waals surface area contributed by atoms with Crippen LogP contribution >= 0.6 is 0 Å². The summed E-state index contributed by atoms with van der Waals surface area (Å²) in [5, 5.41) is 2.82. The summed E-state index contributed by atoms with van der Waals surface area (Å²) in [5.74, 6) is 0.535. The fourth-order valence-electron chi connectivity index (χ4n) is 3.87. The SMILES string of the molecule is COC(=O)c1cc(N2CCN(c3ccccn3)CC2)ccc1NC(=O)c1ccccc1OC. The van der Waals surface area contributed by atoms with Gasteiger partial charge in [0.25, 0.3) is 5.91 Å². The van der Waals surface area contributed by atoms with E-state index in [0.29, 0.717) is 22.6 Å². The number of carbonyl (C=O) groups excluding carboxylic acids is 2. The van der Waals surface area contributed by atoms with E-state index in [-0.39, 0.29) is 5.91 Å². The molecule has 8 heteroatoms. The highest BCUT2D eigenvalue weighted by Gasteiger charge is 2.22. The average Bonchev–Trinajstić information content (AvgIpc) is 2.89. The number of ether oxygens (including phenoxy) is 2. The van der Waals surface area contributed by atoms with Gasteiger partial charge in [-0.2, -0.15) is 0 Å². The second kappa shape index (κ2) is 10.0. The number of anilines is 3. The minimum Gasteiger partial charge on any atom is -0.496 e. The first-order valence-corrected chi connectivity index (χ1v) is 10.7. The zero-order valence-electron chi connectivity index (χ0n) is 18.7. The predicted octanol–water partition coefficient (Wildman–Crippen LogP) is 3.46. The first-order valence-electron chi connectivity index (χ1n) is 10.7. The molecular weight excluding hydrogens is 420 g/mol. The maximum Gasteiger partial charge on any atom is 0.340 e. The van der Waals surface area contributed by atoms with Gasteiger partial charge in [-0.1, -0.05) is 18.2 Å². The number of hydrogen-bond acceptors (Lipinski definition) is 7. The molecule has 0 bridgehead atoms. The van der Waals surface area contributed by atoms with Crippen molar-refractivity contribution < 1.29 is 19.1 Å². The fourth-order valence-corrected chi connectivity index (χ4v) is 3.87. The van der Waals surface area contributed by atoms with Crippen LogP contribution in [0.3, 0.4) is 0 Å². The molecule has 3 aromatic rings. The molecule has 2 heterocycles. The number of hydrogen-bond donors (Lipinski definition) is 1. The molecule has 1 saturated heterocycles. The highest BCUT2D eigenvalue weighted by Crippen LogP contribution is 2.27. The molecule has 1 fully saturated rings. The Morgan fingerprint density at radius 3 is 2.30 bits per heavy atom. The van der Waals surface area contributed by atoms with Crippen molar-refractivity contribution in [2.45, 2.75) is 0 Å². The molecule has 0 unspecified atom stereocenters. The Hall–Kier alpha value is -4.07. The summed E-state index contributed by atoms with van der Waals surface area (Å²) in [5.41, 5.74) is 1.95. The third kappa shape index (κ3) is 4.90. The summed E-state index contributed by atoms with van der Waals surface area (Å²) in [6, 6.07) is 18.2. The molecule has 0 radical (unpaired) electrons. The minimum atomic E-state index is -0.515. The Labute approximate surface area is 192 Å². The number of rotatable bonds is 6. The van der Waals surface area contributed by atoms with E-state index in [0.717, 1.165) is 37.7 Å². The summed E-state index contributed by atoms with van der Waals surface area (Å²) in [6.07, 6.45) is 1.79. The molecule has 2 aromatic carbocycles. The van der Waals surface area contributed by atoms with Gasteiger partial charge in [-0.05, 0) is 42.5 Å². The number of esters is 1. The number of piperazine rings is 1. The highest BCUT2D eigenvalue weighted by molar-refractivity contribution is 6.09. The van der Waals surface area contributed by atoms with E-state index in [1.165, 1.54) is 14.2 Å². The zero-order chi connectivity index (χ0) is 23.2. The van der Waals surface area contributed by atoms with Gasteiger partial charge in [-0.15, -0.1) is 0 Å². The summed E-state index contributed by atoms with van der Waals surface area (Å²) < 4.78 is 10.3. The van der Waals surface area contributed by atoms with Crippen LogP contribution in [0.25, 0.3) is 0 Å². The molecule has 33 heavy (non-hydrogen) atoms. The second-order valence-corrected chi connectivity index (χ2v) is 7.54. The molecular formula is C25H26N4O4. The number of benzene rings is 2. The van der Waals surface area contributed by atoms with Gasteiger partial charge in [0.05, 0.1) is 31.0 Å². The number of para-hydroxylation sites is 1. The Balaban J connectivity index is 1.52. The van der Waals surface area contributed by atoms with Gasteiger partial charge in [-0.3, -0.25) is 4.79 Å². The summed E-state index contributed by atoms with van der Waals surface area (Å²) in [7, 11) is 2.83. The predicted molar refractivity (Wildman–Crippen MR) is 127 cm³/mol. The Kier molecular flexibility index (Phi) is 6.73. The average molecular weight is 447 g/mol. The first kappa shape index (κ1) is 22.1. The van der Waals surface area contributed by atoms with Crippen LogP contribution in [-0.2, 0) is 4.74 Å². The van der Waals surface area contributed by atoms with Crippen molar-refractivity contribution in [3.05, 3.63) is 78.0 Å². The molecule has 0 saturated carbocycles. The molecule has 1 N–H and O–H groups in total. The number of nitrogens with zero attached hydrogens (tertiary/aromatic N) is 3. The molecule has 1 aliphatic heterocycles.